The van der Waals surface area contributed by atoms with Gasteiger partial charge in [-0.25, -0.2) is 4.98 Å². The van der Waals surface area contributed by atoms with Crippen molar-refractivity contribution < 1.29 is 19.1 Å². The zero-order valence-corrected chi connectivity index (χ0v) is 14.4. The molecular weight excluding hydrogens is 346 g/mol. The van der Waals surface area contributed by atoms with Gasteiger partial charge in [0.15, 0.2) is 0 Å². The van der Waals surface area contributed by atoms with Crippen molar-refractivity contribution in [1.82, 2.24) is 15.4 Å². The number of carbonyl (C=O) groups excluding carboxylic acids is 3. The highest BCUT2D eigenvalue weighted by Crippen LogP contribution is 2.29. The van der Waals surface area contributed by atoms with Crippen LogP contribution in [-0.2, 0) is 0 Å². The highest BCUT2D eigenvalue weighted by molar-refractivity contribution is 6.25. The molecule has 0 radical (unpaired) electrons. The first-order chi connectivity index (χ1) is 13.1. The van der Waals surface area contributed by atoms with Crippen LogP contribution in [0.25, 0.3) is 10.8 Å². The highest BCUT2D eigenvalue weighted by atomic mass is 16.5. The summed E-state index contributed by atoms with van der Waals surface area (Å²) >= 11 is 0. The van der Waals surface area contributed by atoms with E-state index in [4.69, 9.17) is 4.74 Å². The topological polar surface area (TPSA) is 88.6 Å². The Morgan fingerprint density at radius 1 is 1.04 bits per heavy atom. The molecule has 1 aliphatic heterocycles. The molecule has 0 saturated carbocycles. The molecule has 2 heterocycles. The van der Waals surface area contributed by atoms with Gasteiger partial charge >= 0.3 is 0 Å². The van der Waals surface area contributed by atoms with Crippen LogP contribution in [0.4, 0.5) is 0 Å². The van der Waals surface area contributed by atoms with Gasteiger partial charge in [0.05, 0.1) is 17.7 Å². The van der Waals surface area contributed by atoms with Gasteiger partial charge < -0.3 is 4.74 Å². The summed E-state index contributed by atoms with van der Waals surface area (Å²) in [6.07, 6.45) is 1.50. The Hall–Kier alpha value is -3.74. The molecule has 1 aliphatic rings. The lowest BCUT2D eigenvalue weighted by Gasteiger charge is -2.27. The van der Waals surface area contributed by atoms with E-state index in [1.807, 2.05) is 12.1 Å². The van der Waals surface area contributed by atoms with E-state index in [9.17, 15) is 14.4 Å². The molecule has 4 rings (SSSR count). The number of hydrogen-bond acceptors (Lipinski definition) is 5. The number of nitrogens with zero attached hydrogens (tertiary/aromatic N) is 2. The lowest BCUT2D eigenvalue weighted by atomic mass is 9.95. The maximum absolute atomic E-state index is 12.8. The van der Waals surface area contributed by atoms with E-state index in [-0.39, 0.29) is 11.4 Å². The monoisotopic (exact) mass is 361 g/mol. The van der Waals surface area contributed by atoms with Gasteiger partial charge in [0.2, 0.25) is 5.88 Å². The SMILES string of the molecule is CCOc1ncccc1C(=O)NN1C(=O)c2cccc3cccc(c23)C1=O. The second-order valence-corrected chi connectivity index (χ2v) is 5.89. The predicted octanol–water partition coefficient (Wildman–Crippen LogP) is 2.57. The Morgan fingerprint density at radius 3 is 2.33 bits per heavy atom. The molecule has 0 bridgehead atoms. The van der Waals surface area contributed by atoms with E-state index >= 15 is 0 Å². The Morgan fingerprint density at radius 2 is 1.70 bits per heavy atom. The number of pyridine rings is 1. The van der Waals surface area contributed by atoms with E-state index in [1.54, 1.807) is 37.3 Å². The number of rotatable bonds is 4. The van der Waals surface area contributed by atoms with Crippen LogP contribution in [0.15, 0.2) is 54.7 Å². The van der Waals surface area contributed by atoms with Crippen molar-refractivity contribution in [3.8, 4) is 5.88 Å². The summed E-state index contributed by atoms with van der Waals surface area (Å²) in [7, 11) is 0. The molecular formula is C20H15N3O4. The fourth-order valence-corrected chi connectivity index (χ4v) is 3.11. The lowest BCUT2D eigenvalue weighted by Crippen LogP contribution is -2.51. The van der Waals surface area contributed by atoms with E-state index < -0.39 is 17.7 Å². The van der Waals surface area contributed by atoms with Crippen LogP contribution in [0.5, 0.6) is 5.88 Å². The summed E-state index contributed by atoms with van der Waals surface area (Å²) in [5, 5.41) is 2.13. The van der Waals surface area contributed by atoms with Gasteiger partial charge in [0.25, 0.3) is 17.7 Å². The van der Waals surface area contributed by atoms with Crippen molar-refractivity contribution in [2.45, 2.75) is 6.92 Å². The molecule has 1 aromatic heterocycles. The van der Waals surface area contributed by atoms with Gasteiger partial charge in [0, 0.05) is 11.6 Å². The molecule has 0 aliphatic carbocycles. The number of imide groups is 1. The van der Waals surface area contributed by atoms with Crippen molar-refractivity contribution in [2.75, 3.05) is 6.61 Å². The fourth-order valence-electron chi connectivity index (χ4n) is 3.11. The van der Waals surface area contributed by atoms with E-state index in [0.29, 0.717) is 23.1 Å². The average Bonchev–Trinajstić information content (AvgIpc) is 2.69. The summed E-state index contributed by atoms with van der Waals surface area (Å²) in [5.74, 6) is -1.68. The fraction of sp³-hybridized carbons (Fsp3) is 0.100. The molecule has 3 amide bonds. The molecule has 0 unspecified atom stereocenters. The third kappa shape index (κ3) is 2.69. The third-order valence-corrected chi connectivity index (χ3v) is 4.28. The van der Waals surface area contributed by atoms with E-state index in [2.05, 4.69) is 10.4 Å². The van der Waals surface area contributed by atoms with Crippen molar-refractivity contribution >= 4 is 28.5 Å². The summed E-state index contributed by atoms with van der Waals surface area (Å²) in [6.45, 7) is 2.10. The van der Waals surface area contributed by atoms with Crippen LogP contribution in [0.3, 0.4) is 0 Å². The molecule has 7 heteroatoms. The normalized spacial score (nSPS) is 13.0. The van der Waals surface area contributed by atoms with Gasteiger partial charge in [-0.05, 0) is 36.6 Å². The maximum atomic E-state index is 12.8. The standard InChI is InChI=1S/C20H15N3O4/c1-2-27-18-15(10-5-11-21-18)17(24)22-23-19(25)13-8-3-6-12-7-4-9-14(16(12)13)20(23)26/h3-11H,2H2,1H3,(H,22,24). The number of ether oxygens (including phenoxy) is 1. The molecule has 27 heavy (non-hydrogen) atoms. The molecule has 3 aromatic rings. The third-order valence-electron chi connectivity index (χ3n) is 4.28. The molecule has 0 atom stereocenters. The Balaban J connectivity index is 1.71. The molecule has 0 spiro atoms. The van der Waals surface area contributed by atoms with Crippen molar-refractivity contribution in [3.05, 3.63) is 71.4 Å². The molecule has 0 fully saturated rings. The number of aromatic nitrogens is 1. The Kier molecular flexibility index (Phi) is 4.04. The van der Waals surface area contributed by atoms with Crippen LogP contribution in [0.2, 0.25) is 0 Å². The minimum atomic E-state index is -0.653. The number of hydrogen-bond donors (Lipinski definition) is 1. The molecule has 7 nitrogen and oxygen atoms in total. The number of amides is 3. The quantitative estimate of drug-likeness (QED) is 0.722. The van der Waals surface area contributed by atoms with Gasteiger partial charge in [0.1, 0.15) is 5.56 Å². The van der Waals surface area contributed by atoms with Crippen molar-refractivity contribution in [2.24, 2.45) is 0 Å². The average molecular weight is 361 g/mol. The summed E-state index contributed by atoms with van der Waals surface area (Å²) in [6, 6.07) is 13.5. The van der Waals surface area contributed by atoms with Crippen LogP contribution >= 0.6 is 0 Å². The van der Waals surface area contributed by atoms with Crippen LogP contribution in [0, 0.1) is 0 Å². The van der Waals surface area contributed by atoms with Crippen molar-refractivity contribution in [1.29, 1.82) is 0 Å². The second kappa shape index (κ2) is 6.53. The summed E-state index contributed by atoms with van der Waals surface area (Å²) in [5.41, 5.74) is 3.25. The number of carbonyl (C=O) groups is 3. The van der Waals surface area contributed by atoms with Crippen LogP contribution in [-0.4, -0.2) is 34.3 Å². The maximum Gasteiger partial charge on any atom is 0.280 e. The number of nitrogens with one attached hydrogen (secondary N) is 1. The second-order valence-electron chi connectivity index (χ2n) is 5.89. The first-order valence-corrected chi connectivity index (χ1v) is 8.41. The molecule has 2 aromatic carbocycles. The van der Waals surface area contributed by atoms with Gasteiger partial charge in [-0.1, -0.05) is 24.3 Å². The lowest BCUT2D eigenvalue weighted by molar-refractivity contribution is 0.0477. The number of benzene rings is 2. The summed E-state index contributed by atoms with van der Waals surface area (Å²) < 4.78 is 5.34. The van der Waals surface area contributed by atoms with Crippen molar-refractivity contribution in [3.63, 3.8) is 0 Å². The summed E-state index contributed by atoms with van der Waals surface area (Å²) in [4.78, 5) is 42.4. The van der Waals surface area contributed by atoms with Gasteiger partial charge in [-0.15, -0.1) is 0 Å². The zero-order valence-electron chi connectivity index (χ0n) is 14.4. The van der Waals surface area contributed by atoms with E-state index in [0.717, 1.165) is 10.4 Å². The first-order valence-electron chi connectivity index (χ1n) is 8.41. The van der Waals surface area contributed by atoms with E-state index in [1.165, 1.54) is 12.3 Å². The smallest absolute Gasteiger partial charge is 0.280 e. The Bertz CT molecular complexity index is 1040. The number of hydrazine groups is 1. The minimum absolute atomic E-state index is 0.136. The molecule has 0 saturated heterocycles. The first kappa shape index (κ1) is 16.7. The predicted molar refractivity (Wildman–Crippen MR) is 97.3 cm³/mol. The largest absolute Gasteiger partial charge is 0.477 e. The van der Waals surface area contributed by atoms with Gasteiger partial charge in [-0.2, -0.15) is 5.01 Å². The van der Waals surface area contributed by atoms with Crippen LogP contribution < -0.4 is 10.2 Å². The van der Waals surface area contributed by atoms with Gasteiger partial charge in [-0.3, -0.25) is 19.8 Å². The molecule has 1 N–H and O–H groups in total. The molecule has 134 valence electrons. The highest BCUT2D eigenvalue weighted by Gasteiger charge is 2.34. The van der Waals surface area contributed by atoms with Crippen LogP contribution in [0.1, 0.15) is 38.0 Å². The zero-order chi connectivity index (χ0) is 19.0. The Labute approximate surface area is 154 Å². The minimum Gasteiger partial charge on any atom is -0.477 e.